The van der Waals surface area contributed by atoms with Gasteiger partial charge in [0.25, 0.3) is 11.8 Å². The van der Waals surface area contributed by atoms with Crippen LogP contribution in [0.3, 0.4) is 0 Å². The van der Waals surface area contributed by atoms with Gasteiger partial charge in [-0.15, -0.1) is 0 Å². The van der Waals surface area contributed by atoms with E-state index in [0.717, 1.165) is 22.5 Å². The molecule has 32 heavy (non-hydrogen) atoms. The molecule has 3 aromatic carbocycles. The van der Waals surface area contributed by atoms with Crippen LogP contribution in [-0.2, 0) is 6.54 Å². The highest BCUT2D eigenvalue weighted by Gasteiger charge is 2.09. The number of nitrogens with one attached hydrogen (secondary N) is 3. The summed E-state index contributed by atoms with van der Waals surface area (Å²) in [4.78, 5) is 29.2. The quantitative estimate of drug-likeness (QED) is 0.429. The van der Waals surface area contributed by atoms with Crippen molar-refractivity contribution in [2.24, 2.45) is 0 Å². The topological polar surface area (TPSA) is 99.8 Å². The van der Waals surface area contributed by atoms with E-state index in [1.165, 1.54) is 0 Å². The van der Waals surface area contributed by atoms with Crippen LogP contribution < -0.4 is 10.6 Å². The lowest BCUT2D eigenvalue weighted by Gasteiger charge is -2.09. The van der Waals surface area contributed by atoms with E-state index >= 15 is 0 Å². The maximum absolute atomic E-state index is 12.5. The van der Waals surface area contributed by atoms with Crippen LogP contribution in [0.5, 0.6) is 0 Å². The molecule has 1 heterocycles. The second kappa shape index (κ2) is 9.26. The van der Waals surface area contributed by atoms with Gasteiger partial charge in [0.1, 0.15) is 5.82 Å². The van der Waals surface area contributed by atoms with Crippen LogP contribution in [0.25, 0.3) is 11.4 Å². The molecule has 160 valence electrons. The molecular formula is C25H23N5O2. The fourth-order valence-corrected chi connectivity index (χ4v) is 3.19. The van der Waals surface area contributed by atoms with E-state index in [1.54, 1.807) is 24.3 Å². The smallest absolute Gasteiger partial charge is 0.255 e. The standard InChI is InChI=1S/C25H23N5O2/c1-16-6-8-21(9-7-16)25(32)28-22-5-3-4-18(14-22)15-26-24(31)20-12-10-19(11-13-20)23-27-17(2)29-30-23/h3-14H,15H2,1-2H3,(H,26,31)(H,28,32)(H,27,29,30). The average molecular weight is 425 g/mol. The van der Waals surface area contributed by atoms with Gasteiger partial charge >= 0.3 is 0 Å². The molecule has 3 N–H and O–H groups in total. The van der Waals surface area contributed by atoms with E-state index in [-0.39, 0.29) is 11.8 Å². The Kier molecular flexibility index (Phi) is 6.07. The molecule has 4 rings (SSSR count). The highest BCUT2D eigenvalue weighted by atomic mass is 16.2. The van der Waals surface area contributed by atoms with Crippen molar-refractivity contribution in [2.75, 3.05) is 5.32 Å². The molecule has 0 aliphatic carbocycles. The van der Waals surface area contributed by atoms with Crippen molar-refractivity contribution in [1.29, 1.82) is 0 Å². The summed E-state index contributed by atoms with van der Waals surface area (Å²) >= 11 is 0. The van der Waals surface area contributed by atoms with Crippen LogP contribution in [-0.4, -0.2) is 27.0 Å². The zero-order chi connectivity index (χ0) is 22.5. The lowest BCUT2D eigenvalue weighted by Crippen LogP contribution is -2.22. The van der Waals surface area contributed by atoms with Gasteiger partial charge in [-0.1, -0.05) is 42.0 Å². The van der Waals surface area contributed by atoms with Gasteiger partial charge in [-0.05, 0) is 55.8 Å². The molecule has 0 unspecified atom stereocenters. The van der Waals surface area contributed by atoms with Gasteiger partial charge in [0.05, 0.1) is 0 Å². The zero-order valence-corrected chi connectivity index (χ0v) is 17.8. The van der Waals surface area contributed by atoms with Gasteiger partial charge in [-0.3, -0.25) is 14.7 Å². The minimum absolute atomic E-state index is 0.173. The van der Waals surface area contributed by atoms with Crippen molar-refractivity contribution in [1.82, 2.24) is 20.5 Å². The Morgan fingerprint density at radius 2 is 1.56 bits per heavy atom. The summed E-state index contributed by atoms with van der Waals surface area (Å²) < 4.78 is 0. The Balaban J connectivity index is 1.36. The molecule has 0 saturated heterocycles. The molecule has 0 aliphatic rings. The number of aromatic amines is 1. The first-order valence-corrected chi connectivity index (χ1v) is 10.2. The number of carbonyl (C=O) groups is 2. The molecule has 0 atom stereocenters. The number of rotatable bonds is 6. The lowest BCUT2D eigenvalue weighted by molar-refractivity contribution is 0.0950. The normalized spacial score (nSPS) is 10.6. The summed E-state index contributed by atoms with van der Waals surface area (Å²) in [5.74, 6) is 0.975. The van der Waals surface area contributed by atoms with E-state index < -0.39 is 0 Å². The zero-order valence-electron chi connectivity index (χ0n) is 17.8. The molecule has 7 heteroatoms. The maximum Gasteiger partial charge on any atom is 0.255 e. The largest absolute Gasteiger partial charge is 0.348 e. The number of hydrogen-bond acceptors (Lipinski definition) is 4. The van der Waals surface area contributed by atoms with Gasteiger partial charge in [0, 0.05) is 28.9 Å². The number of aryl methyl sites for hydroxylation is 2. The highest BCUT2D eigenvalue weighted by Crippen LogP contribution is 2.16. The molecule has 0 bridgehead atoms. The molecule has 2 amide bonds. The molecule has 0 spiro atoms. The first-order chi connectivity index (χ1) is 15.5. The van der Waals surface area contributed by atoms with E-state index in [0.29, 0.717) is 29.2 Å². The van der Waals surface area contributed by atoms with Crippen LogP contribution in [0.4, 0.5) is 5.69 Å². The summed E-state index contributed by atoms with van der Waals surface area (Å²) in [7, 11) is 0. The number of carbonyl (C=O) groups excluding carboxylic acids is 2. The Morgan fingerprint density at radius 1 is 0.875 bits per heavy atom. The van der Waals surface area contributed by atoms with Crippen LogP contribution in [0.15, 0.2) is 72.8 Å². The second-order valence-corrected chi connectivity index (χ2v) is 7.52. The van der Waals surface area contributed by atoms with Crippen molar-refractivity contribution >= 4 is 17.5 Å². The van der Waals surface area contributed by atoms with Crippen LogP contribution in [0.2, 0.25) is 0 Å². The molecule has 0 fully saturated rings. The van der Waals surface area contributed by atoms with Crippen molar-refractivity contribution < 1.29 is 9.59 Å². The Bertz CT molecular complexity index is 1240. The lowest BCUT2D eigenvalue weighted by atomic mass is 10.1. The number of benzene rings is 3. The van der Waals surface area contributed by atoms with Gasteiger partial charge in [0.2, 0.25) is 0 Å². The predicted molar refractivity (Wildman–Crippen MR) is 123 cm³/mol. The number of hydrogen-bond donors (Lipinski definition) is 3. The van der Waals surface area contributed by atoms with E-state index in [2.05, 4.69) is 25.8 Å². The van der Waals surface area contributed by atoms with E-state index in [1.807, 2.05) is 62.4 Å². The average Bonchev–Trinajstić information content (AvgIpc) is 3.24. The minimum Gasteiger partial charge on any atom is -0.348 e. The molecule has 0 saturated carbocycles. The number of anilines is 1. The highest BCUT2D eigenvalue weighted by molar-refractivity contribution is 6.04. The van der Waals surface area contributed by atoms with Crippen molar-refractivity contribution in [3.8, 4) is 11.4 Å². The van der Waals surface area contributed by atoms with Crippen molar-refractivity contribution in [3.63, 3.8) is 0 Å². The molecule has 0 radical (unpaired) electrons. The van der Waals surface area contributed by atoms with E-state index in [9.17, 15) is 9.59 Å². The predicted octanol–water partition coefficient (Wildman–Crippen LogP) is 4.27. The van der Waals surface area contributed by atoms with Crippen LogP contribution in [0, 0.1) is 13.8 Å². The summed E-state index contributed by atoms with van der Waals surface area (Å²) in [5.41, 5.74) is 4.63. The minimum atomic E-state index is -0.184. The first kappa shape index (κ1) is 21.0. The van der Waals surface area contributed by atoms with Crippen LogP contribution in [0.1, 0.15) is 37.7 Å². The van der Waals surface area contributed by atoms with Crippen molar-refractivity contribution in [2.45, 2.75) is 20.4 Å². The van der Waals surface area contributed by atoms with Gasteiger partial charge in [-0.25, -0.2) is 4.98 Å². The fourth-order valence-electron chi connectivity index (χ4n) is 3.19. The fraction of sp³-hybridized carbons (Fsp3) is 0.120. The molecule has 7 nitrogen and oxygen atoms in total. The Labute approximate surface area is 185 Å². The summed E-state index contributed by atoms with van der Waals surface area (Å²) in [6, 6.07) is 21.9. The first-order valence-electron chi connectivity index (χ1n) is 10.2. The molecule has 4 aromatic rings. The maximum atomic E-state index is 12.5. The second-order valence-electron chi connectivity index (χ2n) is 7.52. The number of nitrogens with zero attached hydrogens (tertiary/aromatic N) is 2. The van der Waals surface area contributed by atoms with Gasteiger partial charge in [0.15, 0.2) is 5.82 Å². The number of aromatic nitrogens is 3. The summed E-state index contributed by atoms with van der Waals surface area (Å²) in [5, 5.41) is 12.7. The SMILES string of the molecule is Cc1ccc(C(=O)Nc2cccc(CNC(=O)c3ccc(-c4n[nH]c(C)n4)cc3)c2)cc1. The van der Waals surface area contributed by atoms with Gasteiger partial charge in [-0.2, -0.15) is 5.10 Å². The molecular weight excluding hydrogens is 402 g/mol. The summed E-state index contributed by atoms with van der Waals surface area (Å²) in [6.45, 7) is 4.15. The molecule has 0 aliphatic heterocycles. The molecule has 1 aromatic heterocycles. The third kappa shape index (κ3) is 5.07. The third-order valence-electron chi connectivity index (χ3n) is 4.95. The monoisotopic (exact) mass is 425 g/mol. The van der Waals surface area contributed by atoms with Crippen LogP contribution >= 0.6 is 0 Å². The Morgan fingerprint density at radius 3 is 2.25 bits per heavy atom. The third-order valence-corrected chi connectivity index (χ3v) is 4.95. The number of amides is 2. The number of H-pyrrole nitrogens is 1. The van der Waals surface area contributed by atoms with E-state index in [4.69, 9.17) is 0 Å². The van der Waals surface area contributed by atoms with Crippen molar-refractivity contribution in [3.05, 3.63) is 101 Å². The van der Waals surface area contributed by atoms with Gasteiger partial charge < -0.3 is 10.6 Å². The Hall–Kier alpha value is -4.26. The summed E-state index contributed by atoms with van der Waals surface area (Å²) in [6.07, 6.45) is 0.